The number of rotatable bonds is 3. The fraction of sp³-hybridized carbons (Fsp3) is 0.800. The maximum atomic E-state index is 11.4. The molecule has 1 amide bonds. The Morgan fingerprint density at radius 2 is 2.00 bits per heavy atom. The molecule has 18 heavy (non-hydrogen) atoms. The third-order valence-electron chi connectivity index (χ3n) is 3.39. The van der Waals surface area contributed by atoms with E-state index in [-0.39, 0.29) is 30.6 Å². The molecule has 2 aliphatic rings. The van der Waals surface area contributed by atoms with E-state index in [1.807, 2.05) is 0 Å². The summed E-state index contributed by atoms with van der Waals surface area (Å²) in [4.78, 5) is 23.5. The van der Waals surface area contributed by atoms with E-state index >= 15 is 0 Å². The first-order valence-corrected chi connectivity index (χ1v) is 7.58. The van der Waals surface area contributed by atoms with Crippen LogP contribution in [0.15, 0.2) is 0 Å². The van der Waals surface area contributed by atoms with Gasteiger partial charge >= 0.3 is 12.1 Å². The predicted molar refractivity (Wildman–Crippen MR) is 60.9 cm³/mol. The molecule has 0 aliphatic carbocycles. The number of carbonyl (C=O) groups is 2. The number of carboxylic acids is 1. The van der Waals surface area contributed by atoms with E-state index in [2.05, 4.69) is 0 Å². The number of sulfone groups is 1. The molecule has 102 valence electrons. The summed E-state index contributed by atoms with van der Waals surface area (Å²) in [5, 5.41) is 8.94. The van der Waals surface area contributed by atoms with Gasteiger partial charge in [-0.15, -0.1) is 0 Å². The second-order valence-corrected chi connectivity index (χ2v) is 6.98. The Balaban J connectivity index is 1.96. The minimum absolute atomic E-state index is 0.0287. The smallest absolute Gasteiger partial charge is 0.410 e. The zero-order valence-electron chi connectivity index (χ0n) is 9.74. The molecule has 1 N–H and O–H groups in total. The summed E-state index contributed by atoms with van der Waals surface area (Å²) in [5.41, 5.74) is 0. The molecule has 0 aromatic carbocycles. The van der Waals surface area contributed by atoms with Crippen molar-refractivity contribution in [2.75, 3.05) is 24.7 Å². The van der Waals surface area contributed by atoms with Crippen molar-refractivity contribution in [1.82, 2.24) is 4.90 Å². The molecule has 2 aliphatic heterocycles. The van der Waals surface area contributed by atoms with Crippen LogP contribution in [0.2, 0.25) is 0 Å². The van der Waals surface area contributed by atoms with E-state index in [9.17, 15) is 18.0 Å². The second kappa shape index (κ2) is 4.75. The van der Waals surface area contributed by atoms with E-state index in [1.165, 1.54) is 4.90 Å². The van der Waals surface area contributed by atoms with Crippen molar-refractivity contribution in [3.05, 3.63) is 0 Å². The fourth-order valence-electron chi connectivity index (χ4n) is 2.26. The van der Waals surface area contributed by atoms with Gasteiger partial charge in [0.15, 0.2) is 6.04 Å². The van der Waals surface area contributed by atoms with Crippen molar-refractivity contribution >= 4 is 21.9 Å². The van der Waals surface area contributed by atoms with Crippen LogP contribution in [-0.2, 0) is 19.4 Å². The maximum absolute atomic E-state index is 11.4. The van der Waals surface area contributed by atoms with Crippen molar-refractivity contribution in [3.63, 3.8) is 0 Å². The van der Waals surface area contributed by atoms with Gasteiger partial charge in [-0.2, -0.15) is 0 Å². The monoisotopic (exact) mass is 277 g/mol. The Bertz CT molecular complexity index is 445. The van der Waals surface area contributed by atoms with Crippen LogP contribution in [0.4, 0.5) is 4.79 Å². The second-order valence-electron chi connectivity index (χ2n) is 4.68. The van der Waals surface area contributed by atoms with Gasteiger partial charge in [0.1, 0.15) is 16.4 Å². The number of carbonyl (C=O) groups excluding carboxylic acids is 1. The van der Waals surface area contributed by atoms with E-state index in [1.54, 1.807) is 0 Å². The van der Waals surface area contributed by atoms with Gasteiger partial charge in [-0.1, -0.05) is 0 Å². The number of amides is 1. The van der Waals surface area contributed by atoms with Crippen molar-refractivity contribution in [2.45, 2.75) is 18.9 Å². The van der Waals surface area contributed by atoms with Gasteiger partial charge in [0, 0.05) is 6.54 Å². The number of hydrogen-bond donors (Lipinski definition) is 1. The quantitative estimate of drug-likeness (QED) is 0.761. The van der Waals surface area contributed by atoms with E-state index in [0.717, 1.165) is 0 Å². The Morgan fingerprint density at radius 1 is 1.39 bits per heavy atom. The highest BCUT2D eigenvalue weighted by atomic mass is 32.2. The molecular formula is C10H15NO6S. The first-order valence-electron chi connectivity index (χ1n) is 5.76. The van der Waals surface area contributed by atoms with E-state index in [0.29, 0.717) is 12.8 Å². The molecule has 2 saturated heterocycles. The molecule has 0 aromatic rings. The average Bonchev–Trinajstić information content (AvgIpc) is 2.64. The number of cyclic esters (lactones) is 1. The molecule has 2 rings (SSSR count). The number of nitrogens with zero attached hydrogens (tertiary/aromatic N) is 1. The predicted octanol–water partition coefficient (Wildman–Crippen LogP) is -0.283. The van der Waals surface area contributed by atoms with Gasteiger partial charge in [0.05, 0.1) is 11.5 Å². The summed E-state index contributed by atoms with van der Waals surface area (Å²) in [6.45, 7) is 0.116. The fourth-order valence-corrected chi connectivity index (χ4v) is 3.85. The van der Waals surface area contributed by atoms with Gasteiger partial charge < -0.3 is 9.84 Å². The Hall–Kier alpha value is -1.31. The minimum atomic E-state index is -2.94. The lowest BCUT2D eigenvalue weighted by Crippen LogP contribution is -2.43. The summed E-state index contributed by atoms with van der Waals surface area (Å²) >= 11 is 0. The van der Waals surface area contributed by atoms with Gasteiger partial charge in [-0.25, -0.2) is 18.0 Å². The Morgan fingerprint density at radius 3 is 2.56 bits per heavy atom. The van der Waals surface area contributed by atoms with Crippen LogP contribution < -0.4 is 0 Å². The van der Waals surface area contributed by atoms with Gasteiger partial charge in [0.2, 0.25) is 0 Å². The molecule has 0 spiro atoms. The highest BCUT2D eigenvalue weighted by molar-refractivity contribution is 7.91. The van der Waals surface area contributed by atoms with E-state index in [4.69, 9.17) is 9.84 Å². The summed E-state index contributed by atoms with van der Waals surface area (Å²) in [6.07, 6.45) is 0.313. The van der Waals surface area contributed by atoms with Crippen molar-refractivity contribution in [3.8, 4) is 0 Å². The van der Waals surface area contributed by atoms with Crippen LogP contribution in [0.3, 0.4) is 0 Å². The van der Waals surface area contributed by atoms with Gasteiger partial charge in [-0.3, -0.25) is 4.90 Å². The molecule has 1 atom stereocenters. The summed E-state index contributed by atoms with van der Waals surface area (Å²) in [7, 11) is -2.94. The molecule has 0 radical (unpaired) electrons. The number of aliphatic carboxylic acids is 1. The topological polar surface area (TPSA) is 101 Å². The van der Waals surface area contributed by atoms with Crippen molar-refractivity contribution < 1.29 is 27.9 Å². The Kier molecular flexibility index (Phi) is 3.47. The lowest BCUT2D eigenvalue weighted by molar-refractivity contribution is -0.141. The van der Waals surface area contributed by atoms with Crippen LogP contribution in [0.1, 0.15) is 12.8 Å². The molecule has 0 aromatic heterocycles. The zero-order valence-corrected chi connectivity index (χ0v) is 10.6. The molecule has 7 nitrogen and oxygen atoms in total. The molecule has 8 heteroatoms. The molecule has 2 fully saturated rings. The first kappa shape index (κ1) is 13.1. The zero-order chi connectivity index (χ0) is 13.3. The number of ether oxygens (including phenoxy) is 1. The van der Waals surface area contributed by atoms with Crippen molar-refractivity contribution in [1.29, 1.82) is 0 Å². The van der Waals surface area contributed by atoms with Crippen LogP contribution in [-0.4, -0.2) is 61.2 Å². The van der Waals surface area contributed by atoms with Crippen LogP contribution in [0, 0.1) is 5.92 Å². The highest BCUT2D eigenvalue weighted by Crippen LogP contribution is 2.23. The summed E-state index contributed by atoms with van der Waals surface area (Å²) in [5.74, 6) is -0.846. The summed E-state index contributed by atoms with van der Waals surface area (Å²) in [6, 6.07) is -0.948. The molecule has 0 saturated carbocycles. The minimum Gasteiger partial charge on any atom is -0.480 e. The largest absolute Gasteiger partial charge is 0.480 e. The maximum Gasteiger partial charge on any atom is 0.410 e. The highest BCUT2D eigenvalue weighted by Gasteiger charge is 2.39. The third kappa shape index (κ3) is 2.74. The van der Waals surface area contributed by atoms with Crippen LogP contribution in [0.5, 0.6) is 0 Å². The van der Waals surface area contributed by atoms with Gasteiger partial charge in [0.25, 0.3) is 0 Å². The normalized spacial score (nSPS) is 28.1. The lowest BCUT2D eigenvalue weighted by atomic mass is 10.0. The molecule has 2 heterocycles. The standard InChI is InChI=1S/C10H15NO6S/c12-9(13)8-6-17-10(14)11(8)5-7-1-3-18(15,16)4-2-7/h7-8H,1-6H2,(H,12,13). The number of hydrogen-bond acceptors (Lipinski definition) is 5. The van der Waals surface area contributed by atoms with Gasteiger partial charge in [-0.05, 0) is 18.8 Å². The van der Waals surface area contributed by atoms with Crippen molar-refractivity contribution in [2.24, 2.45) is 5.92 Å². The molecule has 0 bridgehead atoms. The molecule has 1 unspecified atom stereocenters. The number of carboxylic acid groups (broad SMARTS) is 1. The first-order chi connectivity index (χ1) is 8.39. The Labute approximate surface area is 105 Å². The SMILES string of the molecule is O=C(O)C1COC(=O)N1CC1CCS(=O)(=O)CC1. The average molecular weight is 277 g/mol. The van der Waals surface area contributed by atoms with Crippen LogP contribution >= 0.6 is 0 Å². The van der Waals surface area contributed by atoms with Crippen LogP contribution in [0.25, 0.3) is 0 Å². The molecular weight excluding hydrogens is 262 g/mol. The third-order valence-corrected chi connectivity index (χ3v) is 5.10. The summed E-state index contributed by atoms with van der Waals surface area (Å²) < 4.78 is 27.3. The lowest BCUT2D eigenvalue weighted by Gasteiger charge is -2.27. The van der Waals surface area contributed by atoms with E-state index < -0.39 is 27.9 Å².